The number of phenolic OH excluding ortho intramolecular Hbond substituents is 1. The Kier molecular flexibility index (Phi) is 4.61. The molecule has 4 nitrogen and oxygen atoms in total. The standard InChI is InChI=1S/C27H27NO3/c29-25-13-10-17-5-1-2-7-20(17)26(25)27-22-9-3-8-21(22)23-15-18(11-12-24(23)28-27)31-16-19-6-4-14-30-19/h1-3,5,7-8,10-13,15,19,21-22,27-29H,4,6,9,14,16H2. The van der Waals surface area contributed by atoms with Gasteiger partial charge in [-0.3, -0.25) is 0 Å². The van der Waals surface area contributed by atoms with E-state index in [1.165, 1.54) is 5.56 Å². The minimum atomic E-state index is 0.0530. The van der Waals surface area contributed by atoms with Gasteiger partial charge in [-0.2, -0.15) is 0 Å². The molecule has 4 atom stereocenters. The Labute approximate surface area is 182 Å². The molecule has 0 saturated carbocycles. The zero-order valence-electron chi connectivity index (χ0n) is 17.5. The van der Waals surface area contributed by atoms with Crippen molar-refractivity contribution in [2.75, 3.05) is 18.5 Å². The van der Waals surface area contributed by atoms with Gasteiger partial charge in [0.15, 0.2) is 0 Å². The van der Waals surface area contributed by atoms with Crippen LogP contribution in [0.4, 0.5) is 5.69 Å². The lowest BCUT2D eigenvalue weighted by molar-refractivity contribution is 0.0679. The number of aromatic hydroxyl groups is 1. The van der Waals surface area contributed by atoms with Gasteiger partial charge >= 0.3 is 0 Å². The fraction of sp³-hybridized carbons (Fsp3) is 0.333. The topological polar surface area (TPSA) is 50.7 Å². The molecule has 31 heavy (non-hydrogen) atoms. The van der Waals surface area contributed by atoms with E-state index in [2.05, 4.69) is 41.7 Å². The van der Waals surface area contributed by atoms with Crippen LogP contribution in [0.25, 0.3) is 10.8 Å². The van der Waals surface area contributed by atoms with Crippen molar-refractivity contribution in [3.05, 3.63) is 77.9 Å². The molecule has 6 rings (SSSR count). The van der Waals surface area contributed by atoms with Crippen molar-refractivity contribution in [1.82, 2.24) is 0 Å². The second-order valence-corrected chi connectivity index (χ2v) is 8.89. The molecule has 0 radical (unpaired) electrons. The lowest BCUT2D eigenvalue weighted by Crippen LogP contribution is -2.29. The third-order valence-corrected chi connectivity index (χ3v) is 7.05. The molecule has 0 aromatic heterocycles. The highest BCUT2D eigenvalue weighted by atomic mass is 16.5. The van der Waals surface area contributed by atoms with Gasteiger partial charge in [-0.15, -0.1) is 0 Å². The number of allylic oxidation sites excluding steroid dienone is 2. The average Bonchev–Trinajstić information content (AvgIpc) is 3.50. The third kappa shape index (κ3) is 3.26. The number of ether oxygens (including phenoxy) is 2. The van der Waals surface area contributed by atoms with Gasteiger partial charge < -0.3 is 19.9 Å². The van der Waals surface area contributed by atoms with Gasteiger partial charge in [0.2, 0.25) is 0 Å². The fourth-order valence-corrected chi connectivity index (χ4v) is 5.52. The largest absolute Gasteiger partial charge is 0.508 e. The molecule has 2 aliphatic heterocycles. The first-order valence-corrected chi connectivity index (χ1v) is 11.3. The summed E-state index contributed by atoms with van der Waals surface area (Å²) in [6, 6.07) is 18.5. The molecule has 2 N–H and O–H groups in total. The molecular formula is C27H27NO3. The van der Waals surface area contributed by atoms with Crippen molar-refractivity contribution in [2.45, 2.75) is 37.3 Å². The molecule has 1 saturated heterocycles. The molecule has 1 aliphatic carbocycles. The second-order valence-electron chi connectivity index (χ2n) is 8.89. The van der Waals surface area contributed by atoms with E-state index < -0.39 is 0 Å². The Morgan fingerprint density at radius 2 is 2.03 bits per heavy atom. The van der Waals surface area contributed by atoms with Crippen LogP contribution in [0.3, 0.4) is 0 Å². The Morgan fingerprint density at radius 3 is 2.94 bits per heavy atom. The summed E-state index contributed by atoms with van der Waals surface area (Å²) in [5.41, 5.74) is 3.40. The number of rotatable bonds is 4. The zero-order chi connectivity index (χ0) is 20.8. The fourth-order valence-electron chi connectivity index (χ4n) is 5.52. The molecule has 3 aromatic rings. The SMILES string of the molecule is Oc1ccc2ccccc2c1C1Nc2ccc(OCC3CCCO3)cc2C2C=CCC21. The van der Waals surface area contributed by atoms with E-state index in [9.17, 15) is 5.11 Å². The van der Waals surface area contributed by atoms with E-state index >= 15 is 0 Å². The molecule has 158 valence electrons. The van der Waals surface area contributed by atoms with Crippen LogP contribution < -0.4 is 10.1 Å². The normalized spacial score (nSPS) is 26.5. The Morgan fingerprint density at radius 1 is 1.10 bits per heavy atom. The van der Waals surface area contributed by atoms with E-state index in [0.717, 1.165) is 53.6 Å². The quantitative estimate of drug-likeness (QED) is 0.521. The van der Waals surface area contributed by atoms with Gasteiger partial charge in [-0.05, 0) is 65.8 Å². The van der Waals surface area contributed by atoms with Crippen molar-refractivity contribution in [3.63, 3.8) is 0 Å². The minimum absolute atomic E-state index is 0.0530. The number of benzene rings is 3. The van der Waals surface area contributed by atoms with Gasteiger partial charge in [-0.1, -0.05) is 42.5 Å². The molecule has 2 heterocycles. The van der Waals surface area contributed by atoms with Crippen LogP contribution in [-0.2, 0) is 4.74 Å². The summed E-state index contributed by atoms with van der Waals surface area (Å²) in [7, 11) is 0. The van der Waals surface area contributed by atoms with E-state index in [0.29, 0.717) is 24.2 Å². The van der Waals surface area contributed by atoms with Crippen molar-refractivity contribution in [2.24, 2.45) is 5.92 Å². The van der Waals surface area contributed by atoms with Gasteiger partial charge in [0.1, 0.15) is 18.1 Å². The predicted octanol–water partition coefficient (Wildman–Crippen LogP) is 5.93. The van der Waals surface area contributed by atoms with E-state index in [-0.39, 0.29) is 12.1 Å². The first-order valence-electron chi connectivity index (χ1n) is 11.3. The summed E-state index contributed by atoms with van der Waals surface area (Å²) in [5, 5.41) is 16.9. The van der Waals surface area contributed by atoms with E-state index in [4.69, 9.17) is 9.47 Å². The molecule has 0 bridgehead atoms. The van der Waals surface area contributed by atoms with Crippen LogP contribution >= 0.6 is 0 Å². The number of hydrogen-bond acceptors (Lipinski definition) is 4. The maximum Gasteiger partial charge on any atom is 0.121 e. The molecule has 4 heteroatoms. The minimum Gasteiger partial charge on any atom is -0.508 e. The summed E-state index contributed by atoms with van der Waals surface area (Å²) in [5.74, 6) is 1.94. The highest BCUT2D eigenvalue weighted by Gasteiger charge is 2.39. The summed E-state index contributed by atoms with van der Waals surface area (Å²) in [6.45, 7) is 1.46. The Bertz CT molecular complexity index is 1150. The lowest BCUT2D eigenvalue weighted by Gasteiger charge is -2.38. The maximum atomic E-state index is 10.9. The third-order valence-electron chi connectivity index (χ3n) is 7.05. The highest BCUT2D eigenvalue weighted by molar-refractivity contribution is 5.89. The number of hydrogen-bond donors (Lipinski definition) is 2. The average molecular weight is 414 g/mol. The molecule has 0 amide bonds. The van der Waals surface area contributed by atoms with Gasteiger partial charge in [0, 0.05) is 23.8 Å². The maximum absolute atomic E-state index is 10.9. The number of fused-ring (bicyclic) bond motifs is 4. The van der Waals surface area contributed by atoms with Crippen LogP contribution in [0.2, 0.25) is 0 Å². The van der Waals surface area contributed by atoms with Crippen LogP contribution in [0.1, 0.15) is 42.3 Å². The zero-order valence-corrected chi connectivity index (χ0v) is 17.5. The van der Waals surface area contributed by atoms with E-state index in [1.54, 1.807) is 0 Å². The van der Waals surface area contributed by atoms with Crippen molar-refractivity contribution < 1.29 is 14.6 Å². The van der Waals surface area contributed by atoms with Crippen molar-refractivity contribution >= 4 is 16.5 Å². The number of anilines is 1. The number of phenols is 1. The predicted molar refractivity (Wildman–Crippen MR) is 123 cm³/mol. The summed E-state index contributed by atoms with van der Waals surface area (Å²) < 4.78 is 11.8. The molecule has 0 spiro atoms. The molecular weight excluding hydrogens is 386 g/mol. The second kappa shape index (κ2) is 7.61. The first-order chi connectivity index (χ1) is 15.3. The van der Waals surface area contributed by atoms with Gasteiger partial charge in [-0.25, -0.2) is 0 Å². The van der Waals surface area contributed by atoms with Gasteiger partial charge in [0.25, 0.3) is 0 Å². The molecule has 4 unspecified atom stereocenters. The monoisotopic (exact) mass is 413 g/mol. The Balaban J connectivity index is 1.35. The van der Waals surface area contributed by atoms with Gasteiger partial charge in [0.05, 0.1) is 12.1 Å². The van der Waals surface area contributed by atoms with Crippen LogP contribution in [0, 0.1) is 5.92 Å². The molecule has 3 aliphatic rings. The van der Waals surface area contributed by atoms with Crippen molar-refractivity contribution in [1.29, 1.82) is 0 Å². The summed E-state index contributed by atoms with van der Waals surface area (Å²) in [6.07, 6.45) is 8.01. The Hall–Kier alpha value is -2.98. The first kappa shape index (κ1) is 18.8. The summed E-state index contributed by atoms with van der Waals surface area (Å²) in [4.78, 5) is 0. The smallest absolute Gasteiger partial charge is 0.121 e. The lowest BCUT2D eigenvalue weighted by atomic mass is 9.76. The molecule has 1 fully saturated rings. The highest BCUT2D eigenvalue weighted by Crippen LogP contribution is 2.52. The van der Waals surface area contributed by atoms with E-state index in [1.807, 2.05) is 30.3 Å². The number of nitrogens with one attached hydrogen (secondary N) is 1. The van der Waals surface area contributed by atoms with Crippen LogP contribution in [-0.4, -0.2) is 24.4 Å². The van der Waals surface area contributed by atoms with Crippen LogP contribution in [0.5, 0.6) is 11.5 Å². The molecule has 3 aromatic carbocycles. The summed E-state index contributed by atoms with van der Waals surface area (Å²) >= 11 is 0. The van der Waals surface area contributed by atoms with Crippen molar-refractivity contribution in [3.8, 4) is 11.5 Å². The van der Waals surface area contributed by atoms with Crippen LogP contribution in [0.15, 0.2) is 66.7 Å².